The van der Waals surface area contributed by atoms with Gasteiger partial charge in [-0.25, -0.2) is 0 Å². The van der Waals surface area contributed by atoms with Crippen LogP contribution in [0.4, 0.5) is 0 Å². The fourth-order valence-electron chi connectivity index (χ4n) is 3.61. The predicted molar refractivity (Wildman–Crippen MR) is 103 cm³/mol. The minimum atomic E-state index is -0.877. The van der Waals surface area contributed by atoms with Gasteiger partial charge in [0.05, 0.1) is 11.2 Å². The van der Waals surface area contributed by atoms with Gasteiger partial charge in [-0.15, -0.1) is 0 Å². The van der Waals surface area contributed by atoms with E-state index >= 15 is 0 Å². The van der Waals surface area contributed by atoms with Gasteiger partial charge in [-0.05, 0) is 36.4 Å². The van der Waals surface area contributed by atoms with Crippen LogP contribution in [0.2, 0.25) is 0 Å². The van der Waals surface area contributed by atoms with Gasteiger partial charge in [0.25, 0.3) is 0 Å². The molecule has 0 radical (unpaired) electrons. The van der Waals surface area contributed by atoms with E-state index in [4.69, 9.17) is 0 Å². The van der Waals surface area contributed by atoms with Gasteiger partial charge in [-0.1, -0.05) is 36.4 Å². The molecule has 0 saturated carbocycles. The van der Waals surface area contributed by atoms with Gasteiger partial charge in [0.1, 0.15) is 0 Å². The largest absolute Gasteiger partial charge is 0.386 e. The third-order valence-electron chi connectivity index (χ3n) is 5.10. The van der Waals surface area contributed by atoms with Gasteiger partial charge >= 0.3 is 0 Å². The average Bonchev–Trinajstić information content (AvgIpc) is 2.60. The number of aryl methyl sites for hydroxylation is 1. The van der Waals surface area contributed by atoms with Gasteiger partial charge < -0.3 is 5.11 Å². The summed E-state index contributed by atoms with van der Waals surface area (Å²) < 4.78 is 2.05. The molecule has 0 unspecified atom stereocenters. The van der Waals surface area contributed by atoms with Crippen molar-refractivity contribution in [3.8, 4) is 0 Å². The number of aromatic nitrogens is 1. The second-order valence-corrected chi connectivity index (χ2v) is 7.49. The molecule has 3 aromatic rings. The second kappa shape index (κ2) is 5.89. The molecule has 0 amide bonds. The van der Waals surface area contributed by atoms with Crippen molar-refractivity contribution >= 4 is 22.6 Å². The fourth-order valence-corrected chi connectivity index (χ4v) is 3.61. The number of pyridine rings is 1. The van der Waals surface area contributed by atoms with Crippen LogP contribution >= 0.6 is 0 Å². The lowest BCUT2D eigenvalue weighted by Crippen LogP contribution is -2.40. The number of allylic oxidation sites excluding steroid dienone is 1. The summed E-state index contributed by atoms with van der Waals surface area (Å²) in [6.45, 7) is 6.06. The molecule has 0 aliphatic heterocycles. The second-order valence-electron chi connectivity index (χ2n) is 7.49. The van der Waals surface area contributed by atoms with Gasteiger partial charge in [0, 0.05) is 30.0 Å². The van der Waals surface area contributed by atoms with Gasteiger partial charge in [-0.2, -0.15) is 4.57 Å². The number of aliphatic hydroxyl groups is 1. The van der Waals surface area contributed by atoms with E-state index in [1.807, 2.05) is 66.2 Å². The van der Waals surface area contributed by atoms with E-state index < -0.39 is 5.60 Å². The van der Waals surface area contributed by atoms with Crippen LogP contribution in [0.5, 0.6) is 0 Å². The highest BCUT2D eigenvalue weighted by molar-refractivity contribution is 6.22. The molecule has 4 rings (SSSR count). The highest BCUT2D eigenvalue weighted by Gasteiger charge is 2.25. The number of ketones is 1. The predicted octanol–water partition coefficient (Wildman–Crippen LogP) is 3.94. The Morgan fingerprint density at radius 2 is 1.81 bits per heavy atom. The van der Waals surface area contributed by atoms with Crippen molar-refractivity contribution in [1.82, 2.24) is 0 Å². The van der Waals surface area contributed by atoms with Crippen LogP contribution < -0.4 is 4.57 Å². The lowest BCUT2D eigenvalue weighted by molar-refractivity contribution is -0.694. The van der Waals surface area contributed by atoms with Crippen LogP contribution in [0, 0.1) is 6.92 Å². The first-order valence-electron chi connectivity index (χ1n) is 8.84. The molecular formula is C23H22NO2+. The molecule has 0 atom stereocenters. The molecular weight excluding hydrogens is 322 g/mol. The molecule has 1 aliphatic rings. The van der Waals surface area contributed by atoms with Crippen molar-refractivity contribution in [3.63, 3.8) is 0 Å². The minimum Gasteiger partial charge on any atom is -0.386 e. The maximum absolute atomic E-state index is 13.0. The van der Waals surface area contributed by atoms with E-state index in [0.29, 0.717) is 6.54 Å². The Bertz CT molecular complexity index is 1070. The molecule has 3 nitrogen and oxygen atoms in total. The summed E-state index contributed by atoms with van der Waals surface area (Å²) >= 11 is 0. The van der Waals surface area contributed by atoms with Crippen molar-refractivity contribution in [2.24, 2.45) is 0 Å². The molecule has 26 heavy (non-hydrogen) atoms. The maximum atomic E-state index is 13.0. The molecule has 1 aromatic heterocycles. The molecule has 130 valence electrons. The van der Waals surface area contributed by atoms with Gasteiger partial charge in [0.2, 0.25) is 0 Å². The molecule has 0 saturated heterocycles. The van der Waals surface area contributed by atoms with Gasteiger partial charge in [0.15, 0.2) is 24.2 Å². The molecule has 0 spiro atoms. The Hall–Kier alpha value is -2.78. The van der Waals surface area contributed by atoms with Crippen molar-refractivity contribution in [3.05, 3.63) is 82.7 Å². The Kier molecular flexibility index (Phi) is 3.78. The number of carbonyl (C=O) groups is 1. The fraction of sp³-hybridized carbons (Fsp3) is 0.217. The smallest absolute Gasteiger partial charge is 0.196 e. The van der Waals surface area contributed by atoms with Crippen LogP contribution in [0.15, 0.2) is 60.3 Å². The van der Waals surface area contributed by atoms with Crippen LogP contribution in [-0.2, 0) is 12.1 Å². The third-order valence-corrected chi connectivity index (χ3v) is 5.10. The van der Waals surface area contributed by atoms with Crippen molar-refractivity contribution < 1.29 is 14.5 Å². The number of hydrogen-bond donors (Lipinski definition) is 1. The van der Waals surface area contributed by atoms with E-state index in [1.54, 1.807) is 13.8 Å². The van der Waals surface area contributed by atoms with Gasteiger partial charge in [-0.3, -0.25) is 4.79 Å². The Balaban J connectivity index is 1.75. The standard InChI is InChI=1S/C23H22NO2/c1-15-12-19(23(2,3)26)10-11-24(15)14-18-13-17-8-4-6-16-7-5-9-20(21(16)17)22(18)25/h4-13,26H,14H2,1-3H3/q+1. The lowest BCUT2D eigenvalue weighted by Gasteiger charge is -2.18. The first-order chi connectivity index (χ1) is 12.3. The molecule has 3 heteroatoms. The first-order valence-corrected chi connectivity index (χ1v) is 8.84. The first kappa shape index (κ1) is 16.7. The zero-order chi connectivity index (χ0) is 18.5. The van der Waals surface area contributed by atoms with E-state index in [9.17, 15) is 9.90 Å². The van der Waals surface area contributed by atoms with Crippen LogP contribution in [0.25, 0.3) is 16.8 Å². The van der Waals surface area contributed by atoms with E-state index in [2.05, 4.69) is 6.07 Å². The molecule has 2 aromatic carbocycles. The Labute approximate surface area is 153 Å². The SMILES string of the molecule is Cc1cc(C(C)(C)O)cc[n+]1CC1=Cc2cccc3cccc(c23)C1=O. The molecule has 1 heterocycles. The van der Waals surface area contributed by atoms with Crippen molar-refractivity contribution in [2.75, 3.05) is 0 Å². The Morgan fingerprint density at radius 1 is 1.08 bits per heavy atom. The quantitative estimate of drug-likeness (QED) is 0.731. The summed E-state index contributed by atoms with van der Waals surface area (Å²) in [5.41, 5.74) is 3.65. The monoisotopic (exact) mass is 344 g/mol. The van der Waals surface area contributed by atoms with Crippen LogP contribution in [0.1, 0.15) is 41.0 Å². The molecule has 0 fully saturated rings. The highest BCUT2D eigenvalue weighted by atomic mass is 16.3. The average molecular weight is 344 g/mol. The Morgan fingerprint density at radius 3 is 2.50 bits per heavy atom. The summed E-state index contributed by atoms with van der Waals surface area (Å²) in [5.74, 6) is 0.0905. The summed E-state index contributed by atoms with van der Waals surface area (Å²) in [6, 6.07) is 15.9. The van der Waals surface area contributed by atoms with Crippen LogP contribution in [-0.4, -0.2) is 10.9 Å². The number of carbonyl (C=O) groups excluding carboxylic acids is 1. The summed E-state index contributed by atoms with van der Waals surface area (Å²) in [6.07, 6.45) is 3.95. The number of rotatable bonds is 3. The van der Waals surface area contributed by atoms with E-state index in [0.717, 1.165) is 38.7 Å². The third kappa shape index (κ3) is 2.74. The van der Waals surface area contributed by atoms with Crippen LogP contribution in [0.3, 0.4) is 0 Å². The normalized spacial score (nSPS) is 13.8. The molecule has 0 bridgehead atoms. The van der Waals surface area contributed by atoms with E-state index in [1.165, 1.54) is 0 Å². The summed E-state index contributed by atoms with van der Waals surface area (Å²) in [7, 11) is 0. The molecule has 1 N–H and O–H groups in total. The van der Waals surface area contributed by atoms with Crippen molar-refractivity contribution in [2.45, 2.75) is 32.9 Å². The summed E-state index contributed by atoms with van der Waals surface area (Å²) in [5, 5.41) is 12.3. The maximum Gasteiger partial charge on any atom is 0.196 e. The molecule has 1 aliphatic carbocycles. The number of benzene rings is 2. The van der Waals surface area contributed by atoms with Crippen molar-refractivity contribution in [1.29, 1.82) is 0 Å². The topological polar surface area (TPSA) is 41.2 Å². The number of Topliss-reactive ketones (excluding diaryl/α,β-unsaturated/α-hetero) is 1. The minimum absolute atomic E-state index is 0.0905. The highest BCUT2D eigenvalue weighted by Crippen LogP contribution is 2.31. The van der Waals surface area contributed by atoms with E-state index in [-0.39, 0.29) is 5.78 Å². The number of nitrogens with zero attached hydrogens (tertiary/aromatic N) is 1. The lowest BCUT2D eigenvalue weighted by atomic mass is 9.88. The zero-order valence-corrected chi connectivity index (χ0v) is 15.3. The number of hydrogen-bond acceptors (Lipinski definition) is 2. The summed E-state index contributed by atoms with van der Waals surface area (Å²) in [4.78, 5) is 13.0. The zero-order valence-electron chi connectivity index (χ0n) is 15.3.